The molecule has 0 spiro atoms. The van der Waals surface area contributed by atoms with Crippen LogP contribution >= 0.6 is 0 Å². The van der Waals surface area contributed by atoms with Crippen molar-refractivity contribution in [1.82, 2.24) is 9.38 Å². The third kappa shape index (κ3) is 2.61. The van der Waals surface area contributed by atoms with Crippen LogP contribution in [0.25, 0.3) is 28.0 Å². The number of fused-ring (bicyclic) bond motifs is 1. The van der Waals surface area contributed by atoms with Crippen molar-refractivity contribution >= 4 is 5.65 Å². The Labute approximate surface area is 142 Å². The van der Waals surface area contributed by atoms with Gasteiger partial charge in [-0.05, 0) is 43.5 Å². The molecule has 4 aromatic rings. The molecule has 2 heteroatoms. The van der Waals surface area contributed by atoms with Gasteiger partial charge >= 0.3 is 0 Å². The van der Waals surface area contributed by atoms with Gasteiger partial charge in [-0.25, -0.2) is 4.98 Å². The highest BCUT2D eigenvalue weighted by Crippen LogP contribution is 2.28. The van der Waals surface area contributed by atoms with Gasteiger partial charge < -0.3 is 4.40 Å². The number of aryl methyl sites for hydroxylation is 3. The van der Waals surface area contributed by atoms with Gasteiger partial charge in [0.25, 0.3) is 0 Å². The van der Waals surface area contributed by atoms with Crippen LogP contribution in [0.3, 0.4) is 0 Å². The summed E-state index contributed by atoms with van der Waals surface area (Å²) in [5, 5.41) is 0. The summed E-state index contributed by atoms with van der Waals surface area (Å²) in [4.78, 5) is 4.82. The van der Waals surface area contributed by atoms with E-state index in [9.17, 15) is 0 Å². The third-order valence-electron chi connectivity index (χ3n) is 4.39. The topological polar surface area (TPSA) is 17.3 Å². The van der Waals surface area contributed by atoms with E-state index in [-0.39, 0.29) is 0 Å². The maximum absolute atomic E-state index is 4.82. The second-order valence-corrected chi connectivity index (χ2v) is 6.50. The summed E-state index contributed by atoms with van der Waals surface area (Å²) in [6.45, 7) is 6.45. The second kappa shape index (κ2) is 5.64. The van der Waals surface area contributed by atoms with Gasteiger partial charge in [-0.2, -0.15) is 0 Å². The molecule has 2 aromatic carbocycles. The third-order valence-corrected chi connectivity index (χ3v) is 4.39. The number of rotatable bonds is 2. The van der Waals surface area contributed by atoms with Crippen LogP contribution in [0.2, 0.25) is 0 Å². The molecule has 4 rings (SSSR count). The molecule has 0 unspecified atom stereocenters. The first-order valence-corrected chi connectivity index (χ1v) is 8.23. The Balaban J connectivity index is 1.88. The van der Waals surface area contributed by atoms with Crippen LogP contribution in [0.4, 0.5) is 0 Å². The van der Waals surface area contributed by atoms with Crippen LogP contribution in [0, 0.1) is 20.8 Å². The molecule has 0 aliphatic carbocycles. The lowest BCUT2D eigenvalue weighted by molar-refractivity contribution is 1.16. The van der Waals surface area contributed by atoms with Gasteiger partial charge in [0.05, 0.1) is 5.69 Å². The number of imidazole rings is 1. The Morgan fingerprint density at radius 3 is 2.17 bits per heavy atom. The number of hydrogen-bond acceptors (Lipinski definition) is 1. The first-order valence-electron chi connectivity index (χ1n) is 8.23. The van der Waals surface area contributed by atoms with Gasteiger partial charge in [0.2, 0.25) is 0 Å². The first-order chi connectivity index (χ1) is 11.6. The van der Waals surface area contributed by atoms with Crippen molar-refractivity contribution in [3.8, 4) is 22.4 Å². The molecular formula is C22H20N2. The minimum Gasteiger partial charge on any atom is -0.306 e. The Bertz CT molecular complexity index is 1010. The maximum atomic E-state index is 4.82. The monoisotopic (exact) mass is 312 g/mol. The standard InChI is InChI=1S/C22H20N2/c1-15-9-16(2)11-19(10-15)20-12-22-23-21(14-24(22)13-17(20)3)18-7-5-4-6-8-18/h4-14H,1-3H3. The summed E-state index contributed by atoms with van der Waals surface area (Å²) in [6.07, 6.45) is 4.27. The molecule has 0 aliphatic rings. The van der Waals surface area contributed by atoms with Crippen LogP contribution in [-0.2, 0) is 0 Å². The molecule has 0 fully saturated rings. The summed E-state index contributed by atoms with van der Waals surface area (Å²) in [6, 6.07) is 19.2. The van der Waals surface area contributed by atoms with Gasteiger partial charge in [0, 0.05) is 18.0 Å². The van der Waals surface area contributed by atoms with Gasteiger partial charge in [0.1, 0.15) is 5.65 Å². The van der Waals surface area contributed by atoms with Crippen LogP contribution in [0.5, 0.6) is 0 Å². The van der Waals surface area contributed by atoms with Gasteiger partial charge in [-0.3, -0.25) is 0 Å². The molecule has 0 radical (unpaired) electrons. The largest absolute Gasteiger partial charge is 0.306 e. The molecule has 2 heterocycles. The minimum absolute atomic E-state index is 0.980. The zero-order chi connectivity index (χ0) is 16.7. The maximum Gasteiger partial charge on any atom is 0.138 e. The van der Waals surface area contributed by atoms with E-state index in [4.69, 9.17) is 4.98 Å². The van der Waals surface area contributed by atoms with E-state index in [2.05, 4.69) is 74.0 Å². The van der Waals surface area contributed by atoms with Crippen molar-refractivity contribution < 1.29 is 0 Å². The fraction of sp³-hybridized carbons (Fsp3) is 0.136. The molecule has 0 N–H and O–H groups in total. The number of benzene rings is 2. The van der Waals surface area contributed by atoms with E-state index in [1.165, 1.54) is 27.8 Å². The predicted octanol–water partition coefficient (Wildman–Crippen LogP) is 5.59. The molecule has 2 aromatic heterocycles. The lowest BCUT2D eigenvalue weighted by atomic mass is 9.98. The number of pyridine rings is 1. The van der Waals surface area contributed by atoms with Crippen molar-refractivity contribution in [1.29, 1.82) is 0 Å². The first kappa shape index (κ1) is 14.7. The molecule has 0 saturated carbocycles. The van der Waals surface area contributed by atoms with Gasteiger partial charge in [-0.1, -0.05) is 59.7 Å². The second-order valence-electron chi connectivity index (χ2n) is 6.50. The Kier molecular flexibility index (Phi) is 3.46. The molecule has 0 amide bonds. The molecule has 0 bridgehead atoms. The van der Waals surface area contributed by atoms with Crippen molar-refractivity contribution in [2.24, 2.45) is 0 Å². The summed E-state index contributed by atoms with van der Waals surface area (Å²) >= 11 is 0. The summed E-state index contributed by atoms with van der Waals surface area (Å²) in [7, 11) is 0. The highest BCUT2D eigenvalue weighted by atomic mass is 15.0. The van der Waals surface area contributed by atoms with Crippen LogP contribution in [0.15, 0.2) is 67.0 Å². The molecule has 118 valence electrons. The average molecular weight is 312 g/mol. The van der Waals surface area contributed by atoms with Crippen LogP contribution < -0.4 is 0 Å². The fourth-order valence-corrected chi connectivity index (χ4v) is 3.33. The normalized spacial score (nSPS) is 11.1. The van der Waals surface area contributed by atoms with E-state index in [0.717, 1.165) is 16.9 Å². The smallest absolute Gasteiger partial charge is 0.138 e. The lowest BCUT2D eigenvalue weighted by Crippen LogP contribution is -1.91. The zero-order valence-corrected chi connectivity index (χ0v) is 14.2. The van der Waals surface area contributed by atoms with E-state index in [1.807, 2.05) is 18.2 Å². The Morgan fingerprint density at radius 1 is 0.750 bits per heavy atom. The van der Waals surface area contributed by atoms with Crippen molar-refractivity contribution in [3.05, 3.63) is 83.7 Å². The highest BCUT2D eigenvalue weighted by Gasteiger charge is 2.09. The predicted molar refractivity (Wildman–Crippen MR) is 100 cm³/mol. The minimum atomic E-state index is 0.980. The van der Waals surface area contributed by atoms with Crippen LogP contribution in [0.1, 0.15) is 16.7 Å². The quantitative estimate of drug-likeness (QED) is 0.471. The number of aromatic nitrogens is 2. The lowest BCUT2D eigenvalue weighted by Gasteiger charge is -2.09. The van der Waals surface area contributed by atoms with Gasteiger partial charge in [0.15, 0.2) is 0 Å². The van der Waals surface area contributed by atoms with Crippen molar-refractivity contribution in [2.75, 3.05) is 0 Å². The van der Waals surface area contributed by atoms with E-state index in [1.54, 1.807) is 0 Å². The Hall–Kier alpha value is -2.87. The van der Waals surface area contributed by atoms with E-state index < -0.39 is 0 Å². The summed E-state index contributed by atoms with van der Waals surface area (Å²) in [5.74, 6) is 0. The van der Waals surface area contributed by atoms with Gasteiger partial charge in [-0.15, -0.1) is 0 Å². The molecule has 0 atom stereocenters. The highest BCUT2D eigenvalue weighted by molar-refractivity contribution is 5.73. The zero-order valence-electron chi connectivity index (χ0n) is 14.2. The fourth-order valence-electron chi connectivity index (χ4n) is 3.33. The van der Waals surface area contributed by atoms with Crippen molar-refractivity contribution in [2.45, 2.75) is 20.8 Å². The van der Waals surface area contributed by atoms with E-state index in [0.29, 0.717) is 0 Å². The SMILES string of the molecule is Cc1cc(C)cc(-c2cc3nc(-c4ccccc4)cn3cc2C)c1. The van der Waals surface area contributed by atoms with E-state index >= 15 is 0 Å². The average Bonchev–Trinajstić information content (AvgIpc) is 2.97. The summed E-state index contributed by atoms with van der Waals surface area (Å²) in [5.41, 5.74) is 9.48. The number of nitrogens with zero attached hydrogens (tertiary/aromatic N) is 2. The molecule has 24 heavy (non-hydrogen) atoms. The molecule has 0 saturated heterocycles. The molecule has 2 nitrogen and oxygen atoms in total. The number of hydrogen-bond donors (Lipinski definition) is 0. The Morgan fingerprint density at radius 2 is 1.46 bits per heavy atom. The van der Waals surface area contributed by atoms with Crippen molar-refractivity contribution in [3.63, 3.8) is 0 Å². The molecular weight excluding hydrogens is 292 g/mol. The molecule has 0 aliphatic heterocycles. The summed E-state index contributed by atoms with van der Waals surface area (Å²) < 4.78 is 2.11. The van der Waals surface area contributed by atoms with Crippen LogP contribution in [-0.4, -0.2) is 9.38 Å².